The fourth-order valence-electron chi connectivity index (χ4n) is 1.19. The van der Waals surface area contributed by atoms with E-state index in [-0.39, 0.29) is 18.3 Å². The third-order valence-corrected chi connectivity index (χ3v) is 1.94. The van der Waals surface area contributed by atoms with Crippen LogP contribution >= 0.6 is 0 Å². The highest BCUT2D eigenvalue weighted by Gasteiger charge is 2.13. The Hall–Kier alpha value is -1.16. The second-order valence-electron chi connectivity index (χ2n) is 3.00. The van der Waals surface area contributed by atoms with Crippen molar-refractivity contribution < 1.29 is 18.6 Å². The Kier molecular flexibility index (Phi) is 3.83. The number of aliphatic hydroxyl groups excluding tert-OH is 1. The maximum absolute atomic E-state index is 12.0. The first kappa shape index (κ1) is 10.9. The summed E-state index contributed by atoms with van der Waals surface area (Å²) in [7, 11) is 0. The second kappa shape index (κ2) is 4.91. The van der Waals surface area contributed by atoms with Crippen LogP contribution < -0.4 is 4.74 Å². The van der Waals surface area contributed by atoms with E-state index in [0.717, 1.165) is 0 Å². The van der Waals surface area contributed by atoms with E-state index in [2.05, 4.69) is 4.74 Å². The summed E-state index contributed by atoms with van der Waals surface area (Å²) < 4.78 is 28.3. The van der Waals surface area contributed by atoms with Gasteiger partial charge in [-0.05, 0) is 11.6 Å². The largest absolute Gasteiger partial charge is 0.435 e. The molecule has 1 aromatic carbocycles. The summed E-state index contributed by atoms with van der Waals surface area (Å²) in [4.78, 5) is 0. The number of aliphatic hydroxyl groups is 1. The van der Waals surface area contributed by atoms with Gasteiger partial charge in [-0.3, -0.25) is 0 Å². The molecule has 0 spiro atoms. The fraction of sp³-hybridized carbons (Fsp3) is 0.400. The Morgan fingerprint density at radius 3 is 2.57 bits per heavy atom. The quantitative estimate of drug-likeness (QED) is 0.812. The monoisotopic (exact) mass is 202 g/mol. The molecule has 0 radical (unpaired) electrons. The maximum Gasteiger partial charge on any atom is 0.387 e. The van der Waals surface area contributed by atoms with Crippen LogP contribution in [-0.4, -0.2) is 18.3 Å². The SMILES string of the molecule is CC(CO)c1ccccc1OC(F)F. The van der Waals surface area contributed by atoms with Crippen molar-refractivity contribution in [1.82, 2.24) is 0 Å². The fourth-order valence-corrected chi connectivity index (χ4v) is 1.19. The second-order valence-corrected chi connectivity index (χ2v) is 3.00. The molecule has 2 nitrogen and oxygen atoms in total. The minimum Gasteiger partial charge on any atom is -0.435 e. The van der Waals surface area contributed by atoms with Crippen molar-refractivity contribution in [2.75, 3.05) is 6.61 Å². The molecular weight excluding hydrogens is 190 g/mol. The van der Waals surface area contributed by atoms with Crippen molar-refractivity contribution in [2.45, 2.75) is 19.5 Å². The first-order valence-electron chi connectivity index (χ1n) is 4.29. The first-order valence-corrected chi connectivity index (χ1v) is 4.29. The van der Waals surface area contributed by atoms with Crippen LogP contribution in [0.3, 0.4) is 0 Å². The van der Waals surface area contributed by atoms with Gasteiger partial charge in [0.15, 0.2) is 0 Å². The molecule has 0 saturated carbocycles. The number of ether oxygens (including phenoxy) is 1. The molecule has 0 heterocycles. The molecule has 1 rings (SSSR count). The van der Waals surface area contributed by atoms with Gasteiger partial charge in [-0.2, -0.15) is 8.78 Å². The van der Waals surface area contributed by atoms with Gasteiger partial charge < -0.3 is 9.84 Å². The molecule has 1 unspecified atom stereocenters. The maximum atomic E-state index is 12.0. The standard InChI is InChI=1S/C10H12F2O2/c1-7(6-13)8-4-2-3-5-9(8)14-10(11)12/h2-5,7,10,13H,6H2,1H3. The van der Waals surface area contributed by atoms with Crippen molar-refractivity contribution >= 4 is 0 Å². The lowest BCUT2D eigenvalue weighted by Gasteiger charge is -2.14. The van der Waals surface area contributed by atoms with Crippen molar-refractivity contribution in [3.05, 3.63) is 29.8 Å². The molecule has 4 heteroatoms. The summed E-state index contributed by atoms with van der Waals surface area (Å²) in [5.74, 6) is -0.0750. The molecular formula is C10H12F2O2. The predicted octanol–water partition coefficient (Wildman–Crippen LogP) is 2.38. The number of alkyl halides is 2. The molecule has 1 N–H and O–H groups in total. The van der Waals surface area contributed by atoms with Gasteiger partial charge in [0.1, 0.15) is 5.75 Å². The van der Waals surface area contributed by atoms with E-state index in [1.54, 1.807) is 25.1 Å². The van der Waals surface area contributed by atoms with Crippen LogP contribution in [-0.2, 0) is 0 Å². The smallest absolute Gasteiger partial charge is 0.387 e. The normalized spacial score (nSPS) is 12.9. The van der Waals surface area contributed by atoms with Crippen molar-refractivity contribution in [2.24, 2.45) is 0 Å². The summed E-state index contributed by atoms with van der Waals surface area (Å²) in [5.41, 5.74) is 0.593. The summed E-state index contributed by atoms with van der Waals surface area (Å²) in [6, 6.07) is 6.47. The molecule has 78 valence electrons. The van der Waals surface area contributed by atoms with Crippen LogP contribution in [0.15, 0.2) is 24.3 Å². The Bertz CT molecular complexity index is 289. The number of halogens is 2. The van der Waals surface area contributed by atoms with Crippen LogP contribution in [0.2, 0.25) is 0 Å². The molecule has 1 atom stereocenters. The summed E-state index contributed by atoms with van der Waals surface area (Å²) in [6.07, 6.45) is 0. The Balaban J connectivity index is 2.91. The highest BCUT2D eigenvalue weighted by Crippen LogP contribution is 2.27. The highest BCUT2D eigenvalue weighted by molar-refractivity contribution is 5.35. The van der Waals surface area contributed by atoms with Crippen molar-refractivity contribution in [3.8, 4) is 5.75 Å². The molecule has 0 fully saturated rings. The third kappa shape index (κ3) is 2.67. The lowest BCUT2D eigenvalue weighted by molar-refractivity contribution is -0.0507. The van der Waals surface area contributed by atoms with E-state index in [9.17, 15) is 8.78 Å². The zero-order valence-electron chi connectivity index (χ0n) is 7.78. The minimum atomic E-state index is -2.83. The average molecular weight is 202 g/mol. The summed E-state index contributed by atoms with van der Waals surface area (Å²) >= 11 is 0. The van der Waals surface area contributed by atoms with Gasteiger partial charge in [-0.25, -0.2) is 0 Å². The first-order chi connectivity index (χ1) is 6.65. The molecule has 14 heavy (non-hydrogen) atoms. The van der Waals surface area contributed by atoms with Crippen molar-refractivity contribution in [1.29, 1.82) is 0 Å². The molecule has 0 aliphatic carbocycles. The number of hydrogen-bond donors (Lipinski definition) is 1. The van der Waals surface area contributed by atoms with E-state index in [1.807, 2.05) is 0 Å². The lowest BCUT2D eigenvalue weighted by Crippen LogP contribution is -2.07. The number of benzene rings is 1. The molecule has 0 bridgehead atoms. The van der Waals surface area contributed by atoms with Gasteiger partial charge >= 0.3 is 6.61 Å². The molecule has 0 aliphatic heterocycles. The summed E-state index contributed by atoms with van der Waals surface area (Å²) in [6.45, 7) is -1.18. The third-order valence-electron chi connectivity index (χ3n) is 1.94. The Morgan fingerprint density at radius 2 is 2.00 bits per heavy atom. The highest BCUT2D eigenvalue weighted by atomic mass is 19.3. The predicted molar refractivity (Wildman–Crippen MR) is 48.6 cm³/mol. The van der Waals surface area contributed by atoms with Gasteiger partial charge in [0.05, 0.1) is 0 Å². The minimum absolute atomic E-state index is 0.0936. The van der Waals surface area contributed by atoms with Gasteiger partial charge in [-0.1, -0.05) is 25.1 Å². The molecule has 0 aromatic heterocycles. The molecule has 0 aliphatic rings. The van der Waals surface area contributed by atoms with Gasteiger partial charge in [0.25, 0.3) is 0 Å². The Morgan fingerprint density at radius 1 is 1.36 bits per heavy atom. The van der Waals surface area contributed by atoms with Crippen LogP contribution in [0.1, 0.15) is 18.4 Å². The molecule has 0 saturated heterocycles. The number of rotatable bonds is 4. The van der Waals surface area contributed by atoms with Crippen LogP contribution in [0.5, 0.6) is 5.75 Å². The average Bonchev–Trinajstić information content (AvgIpc) is 2.16. The number of hydrogen-bond acceptors (Lipinski definition) is 2. The molecule has 1 aromatic rings. The van der Waals surface area contributed by atoms with Crippen LogP contribution in [0.4, 0.5) is 8.78 Å². The van der Waals surface area contributed by atoms with E-state index in [0.29, 0.717) is 5.56 Å². The van der Waals surface area contributed by atoms with Crippen LogP contribution in [0.25, 0.3) is 0 Å². The van der Waals surface area contributed by atoms with Gasteiger partial charge in [0.2, 0.25) is 0 Å². The number of para-hydroxylation sites is 1. The van der Waals surface area contributed by atoms with Crippen molar-refractivity contribution in [3.63, 3.8) is 0 Å². The lowest BCUT2D eigenvalue weighted by atomic mass is 10.0. The summed E-state index contributed by atoms with van der Waals surface area (Å²) in [5, 5.41) is 8.90. The van der Waals surface area contributed by atoms with Gasteiger partial charge in [-0.15, -0.1) is 0 Å². The Labute approximate surface area is 81.1 Å². The topological polar surface area (TPSA) is 29.5 Å². The molecule has 0 amide bonds. The van der Waals surface area contributed by atoms with E-state index >= 15 is 0 Å². The van der Waals surface area contributed by atoms with E-state index in [1.165, 1.54) is 6.07 Å². The van der Waals surface area contributed by atoms with Crippen LogP contribution in [0, 0.1) is 0 Å². The van der Waals surface area contributed by atoms with E-state index < -0.39 is 6.61 Å². The zero-order valence-corrected chi connectivity index (χ0v) is 7.78. The zero-order chi connectivity index (χ0) is 10.6. The van der Waals surface area contributed by atoms with Gasteiger partial charge in [0, 0.05) is 12.5 Å². The van der Waals surface area contributed by atoms with E-state index in [4.69, 9.17) is 5.11 Å².